The van der Waals surface area contributed by atoms with Gasteiger partial charge >= 0.3 is 0 Å². The Morgan fingerprint density at radius 1 is 0.254 bits per heavy atom. The van der Waals surface area contributed by atoms with Gasteiger partial charge in [0, 0.05) is 85.8 Å². The van der Waals surface area contributed by atoms with Crippen LogP contribution < -0.4 is 0 Å². The second-order valence-corrected chi connectivity index (χ2v) is 18.7. The second kappa shape index (κ2) is 13.0. The van der Waals surface area contributed by atoms with Crippen molar-refractivity contribution < 1.29 is 17.7 Å². The number of rotatable bonds is 4. The molecule has 0 saturated heterocycles. The van der Waals surface area contributed by atoms with Crippen LogP contribution in [0.2, 0.25) is 0 Å². The van der Waals surface area contributed by atoms with Gasteiger partial charge in [-0.1, -0.05) is 84.6 Å². The summed E-state index contributed by atoms with van der Waals surface area (Å²) in [6.45, 7) is 0. The third-order valence-electron chi connectivity index (χ3n) is 14.0. The standard InChI is InChI=1S/C60H32N2O4S/c1-5-13-45-37(9-1)38-10-2-6-14-46(38)61(45)33-17-21-49-41(29-33)57-53(63-49)25-27-55-59(57)43-31-35(19-23-51(43)65-55)67-36-20-24-52-44(32-36)60-56(66-52)28-26-54-58(60)42-30-34(18-22-50(42)64-54)62-47-15-7-3-11-39(47)40-12-4-8-16-48(40)62/h1-32H. The van der Waals surface area contributed by atoms with E-state index >= 15 is 0 Å². The Morgan fingerprint density at radius 3 is 0.881 bits per heavy atom. The van der Waals surface area contributed by atoms with Crippen LogP contribution in [0.25, 0.3) is 143 Å². The van der Waals surface area contributed by atoms with Gasteiger partial charge in [0.25, 0.3) is 0 Å². The van der Waals surface area contributed by atoms with E-state index in [1.54, 1.807) is 11.8 Å². The molecule has 0 radical (unpaired) electrons. The summed E-state index contributed by atoms with van der Waals surface area (Å²) in [5.74, 6) is 0. The predicted molar refractivity (Wildman–Crippen MR) is 275 cm³/mol. The van der Waals surface area contributed by atoms with Gasteiger partial charge in [-0.05, 0) is 121 Å². The zero-order chi connectivity index (χ0) is 43.5. The molecule has 0 N–H and O–H groups in total. The van der Waals surface area contributed by atoms with E-state index in [9.17, 15) is 0 Å². The van der Waals surface area contributed by atoms with Crippen LogP contribution >= 0.6 is 11.8 Å². The summed E-state index contributed by atoms with van der Waals surface area (Å²) in [6.07, 6.45) is 0. The summed E-state index contributed by atoms with van der Waals surface area (Å²) in [4.78, 5) is 2.21. The van der Waals surface area contributed by atoms with Crippen molar-refractivity contribution in [2.45, 2.75) is 9.79 Å². The molecule has 6 nitrogen and oxygen atoms in total. The second-order valence-electron chi connectivity index (χ2n) is 17.6. The molecular formula is C60H32N2O4S. The SMILES string of the molecule is c1ccc2c(c1)c1ccccc1n2-c1ccc2oc3ccc4oc5ccc(Sc6ccc7oc8ccc9oc%10ccc(-n%11c%12ccccc%12c%12ccccc%12%11)cc%10c9c8c7c6)cc5c4c3c2c1. The third-order valence-corrected chi connectivity index (χ3v) is 14.9. The van der Waals surface area contributed by atoms with Gasteiger partial charge in [-0.25, -0.2) is 0 Å². The van der Waals surface area contributed by atoms with Crippen LogP contribution in [-0.4, -0.2) is 9.13 Å². The smallest absolute Gasteiger partial charge is 0.136 e. The van der Waals surface area contributed by atoms with E-state index in [4.69, 9.17) is 17.7 Å². The lowest BCUT2D eigenvalue weighted by atomic mass is 10.0. The minimum Gasteiger partial charge on any atom is -0.456 e. The first-order valence-corrected chi connectivity index (χ1v) is 23.3. The van der Waals surface area contributed by atoms with Gasteiger partial charge in [0.1, 0.15) is 44.7 Å². The lowest BCUT2D eigenvalue weighted by Gasteiger charge is -2.08. The molecule has 16 aromatic rings. The average molecular weight is 877 g/mol. The molecule has 0 aliphatic carbocycles. The van der Waals surface area contributed by atoms with Crippen LogP contribution in [0.5, 0.6) is 0 Å². The fourth-order valence-electron chi connectivity index (χ4n) is 11.1. The van der Waals surface area contributed by atoms with Crippen LogP contribution in [0, 0.1) is 0 Å². The Kier molecular flexibility index (Phi) is 6.92. The van der Waals surface area contributed by atoms with Gasteiger partial charge in [-0.15, -0.1) is 0 Å². The van der Waals surface area contributed by atoms with Crippen molar-refractivity contribution in [3.05, 3.63) is 194 Å². The van der Waals surface area contributed by atoms with Crippen molar-refractivity contribution in [2.24, 2.45) is 0 Å². The normalized spacial score (nSPS) is 12.5. The number of nitrogens with zero attached hydrogens (tertiary/aromatic N) is 2. The van der Waals surface area contributed by atoms with Gasteiger partial charge in [-0.2, -0.15) is 0 Å². The molecule has 0 unspecified atom stereocenters. The van der Waals surface area contributed by atoms with Gasteiger partial charge in [0.2, 0.25) is 0 Å². The minimum absolute atomic E-state index is 0.832. The molecule has 0 aliphatic heterocycles. The summed E-state index contributed by atoms with van der Waals surface area (Å²) in [6, 6.07) is 68.7. The average Bonchev–Trinajstić information content (AvgIpc) is 4.22. The van der Waals surface area contributed by atoms with Gasteiger partial charge in [0.15, 0.2) is 0 Å². The van der Waals surface area contributed by atoms with E-state index in [0.717, 1.165) is 109 Å². The summed E-state index contributed by atoms with van der Waals surface area (Å²) >= 11 is 1.73. The molecule has 0 amide bonds. The van der Waals surface area contributed by atoms with Crippen LogP contribution in [0.3, 0.4) is 0 Å². The van der Waals surface area contributed by atoms with E-state index < -0.39 is 0 Å². The summed E-state index contributed by atoms with van der Waals surface area (Å²) in [5.41, 5.74) is 13.5. The Morgan fingerprint density at radius 2 is 0.537 bits per heavy atom. The number of benzene rings is 10. The highest BCUT2D eigenvalue weighted by molar-refractivity contribution is 7.99. The molecule has 0 spiro atoms. The minimum atomic E-state index is 0.832. The number of fused-ring (bicyclic) bond motifs is 20. The van der Waals surface area contributed by atoms with Crippen molar-refractivity contribution in [3.63, 3.8) is 0 Å². The number of aromatic nitrogens is 2. The number of para-hydroxylation sites is 4. The van der Waals surface area contributed by atoms with Crippen molar-refractivity contribution in [1.29, 1.82) is 0 Å². The summed E-state index contributed by atoms with van der Waals surface area (Å²) in [7, 11) is 0. The van der Waals surface area contributed by atoms with E-state index in [1.807, 2.05) is 24.3 Å². The third kappa shape index (κ3) is 4.90. The highest BCUT2D eigenvalue weighted by atomic mass is 32.2. The molecule has 0 fully saturated rings. The molecule has 0 aliphatic rings. The van der Waals surface area contributed by atoms with Crippen LogP contribution in [-0.2, 0) is 0 Å². The zero-order valence-corrected chi connectivity index (χ0v) is 36.2. The number of hydrogen-bond donors (Lipinski definition) is 0. The molecule has 312 valence electrons. The Balaban J connectivity index is 0.839. The molecule has 6 aromatic heterocycles. The highest BCUT2D eigenvalue weighted by Crippen LogP contribution is 2.46. The van der Waals surface area contributed by atoms with Crippen LogP contribution in [0.15, 0.2) is 222 Å². The van der Waals surface area contributed by atoms with Crippen molar-refractivity contribution in [1.82, 2.24) is 9.13 Å². The fraction of sp³-hybridized carbons (Fsp3) is 0. The van der Waals surface area contributed by atoms with Gasteiger partial charge < -0.3 is 26.8 Å². The molecule has 16 rings (SSSR count). The predicted octanol–water partition coefficient (Wildman–Crippen LogP) is 17.6. The molecule has 67 heavy (non-hydrogen) atoms. The van der Waals surface area contributed by atoms with Crippen molar-refractivity contribution in [3.8, 4) is 11.4 Å². The van der Waals surface area contributed by atoms with Crippen LogP contribution in [0.4, 0.5) is 0 Å². The monoisotopic (exact) mass is 876 g/mol. The largest absolute Gasteiger partial charge is 0.456 e. The maximum atomic E-state index is 6.56. The highest BCUT2D eigenvalue weighted by Gasteiger charge is 2.22. The first-order chi connectivity index (χ1) is 33.2. The molecule has 7 heteroatoms. The van der Waals surface area contributed by atoms with Gasteiger partial charge in [0.05, 0.1) is 22.1 Å². The van der Waals surface area contributed by atoms with Crippen molar-refractivity contribution in [2.75, 3.05) is 0 Å². The maximum Gasteiger partial charge on any atom is 0.136 e. The quantitative estimate of drug-likeness (QED) is 0.176. The fourth-order valence-corrected chi connectivity index (χ4v) is 12.0. The maximum absolute atomic E-state index is 6.56. The molecule has 6 heterocycles. The van der Waals surface area contributed by atoms with Gasteiger partial charge in [-0.3, -0.25) is 0 Å². The summed E-state index contributed by atoms with van der Waals surface area (Å²) < 4.78 is 31.0. The number of furan rings is 4. The molecular weight excluding hydrogens is 845 g/mol. The molecule has 0 bridgehead atoms. The topological polar surface area (TPSA) is 62.4 Å². The van der Waals surface area contributed by atoms with Crippen LogP contribution in [0.1, 0.15) is 0 Å². The Bertz CT molecular complexity index is 4390. The molecule has 10 aromatic carbocycles. The Labute approximate surface area is 383 Å². The summed E-state index contributed by atoms with van der Waals surface area (Å²) in [5, 5.41) is 13.4. The van der Waals surface area contributed by atoms with E-state index in [1.165, 1.54) is 43.6 Å². The van der Waals surface area contributed by atoms with E-state index in [2.05, 4.69) is 179 Å². The molecule has 0 atom stereocenters. The zero-order valence-electron chi connectivity index (χ0n) is 35.4. The Hall–Kier alpha value is -8.65. The number of hydrogen-bond acceptors (Lipinski definition) is 5. The first kappa shape index (κ1) is 35.7. The van der Waals surface area contributed by atoms with Crippen molar-refractivity contribution >= 4 is 143 Å². The first-order valence-electron chi connectivity index (χ1n) is 22.5. The lowest BCUT2D eigenvalue weighted by Crippen LogP contribution is -1.93. The molecule has 0 saturated carbocycles. The van der Waals surface area contributed by atoms with E-state index in [-0.39, 0.29) is 0 Å². The van der Waals surface area contributed by atoms with E-state index in [0.29, 0.717) is 0 Å². The lowest BCUT2D eigenvalue weighted by molar-refractivity contribution is 0.662.